The van der Waals surface area contributed by atoms with Crippen molar-refractivity contribution in [2.24, 2.45) is 0 Å². The third-order valence-corrected chi connectivity index (χ3v) is 8.01. The monoisotopic (exact) mass is 524 g/mol. The fraction of sp³-hybridized carbons (Fsp3) is 0.212. The van der Waals surface area contributed by atoms with Gasteiger partial charge in [-0.25, -0.2) is 9.97 Å². The maximum Gasteiger partial charge on any atom is 0.155 e. The van der Waals surface area contributed by atoms with Crippen molar-refractivity contribution < 1.29 is 4.74 Å². The summed E-state index contributed by atoms with van der Waals surface area (Å²) in [7, 11) is 0. The van der Waals surface area contributed by atoms with Crippen LogP contribution in [0.15, 0.2) is 60.9 Å². The lowest BCUT2D eigenvalue weighted by atomic mass is 9.92. The van der Waals surface area contributed by atoms with Crippen LogP contribution >= 0.6 is 0 Å². The molecule has 40 heavy (non-hydrogen) atoms. The van der Waals surface area contributed by atoms with Crippen LogP contribution < -0.4 is 4.74 Å². The van der Waals surface area contributed by atoms with Crippen molar-refractivity contribution in [2.75, 3.05) is 0 Å². The first-order valence-electron chi connectivity index (χ1n) is 13.8. The Labute approximate surface area is 230 Å². The Morgan fingerprint density at radius 2 is 1.38 bits per heavy atom. The average molecular weight is 525 g/mol. The van der Waals surface area contributed by atoms with Crippen LogP contribution in [0.5, 0.6) is 5.75 Å². The molecule has 0 fully saturated rings. The summed E-state index contributed by atoms with van der Waals surface area (Å²) < 4.78 is 6.33. The minimum Gasteiger partial charge on any atom is -0.486 e. The SMILES string of the molecule is CC(C)c1nc2c3c(ccc2[nH]1)-c1ccc(-c2ccc4c(c2)c2nccnc2c2[nH]c(C(C)C)nc42)cc1CO3. The minimum absolute atomic E-state index is 0.290. The third-order valence-electron chi connectivity index (χ3n) is 8.01. The highest BCUT2D eigenvalue weighted by molar-refractivity contribution is 6.21. The molecule has 7 nitrogen and oxygen atoms in total. The molecule has 0 bridgehead atoms. The van der Waals surface area contributed by atoms with Crippen LogP contribution in [0, 0.1) is 0 Å². The van der Waals surface area contributed by atoms with Crippen molar-refractivity contribution in [2.45, 2.75) is 46.1 Å². The van der Waals surface area contributed by atoms with Gasteiger partial charge < -0.3 is 14.7 Å². The molecule has 2 N–H and O–H groups in total. The zero-order valence-corrected chi connectivity index (χ0v) is 22.8. The Kier molecular flexibility index (Phi) is 4.83. The number of nitrogens with zero attached hydrogens (tertiary/aromatic N) is 4. The van der Waals surface area contributed by atoms with Gasteiger partial charge >= 0.3 is 0 Å². The highest BCUT2D eigenvalue weighted by atomic mass is 16.5. The van der Waals surface area contributed by atoms with Gasteiger partial charge in [-0.2, -0.15) is 0 Å². The van der Waals surface area contributed by atoms with Crippen molar-refractivity contribution in [3.63, 3.8) is 0 Å². The summed E-state index contributed by atoms with van der Waals surface area (Å²) in [5.74, 6) is 3.42. The van der Waals surface area contributed by atoms with Crippen LogP contribution in [0.2, 0.25) is 0 Å². The van der Waals surface area contributed by atoms with E-state index >= 15 is 0 Å². The molecule has 8 rings (SSSR count). The lowest BCUT2D eigenvalue weighted by Crippen LogP contribution is -2.06. The zero-order valence-electron chi connectivity index (χ0n) is 22.8. The number of rotatable bonds is 3. The first kappa shape index (κ1) is 23.1. The summed E-state index contributed by atoms with van der Waals surface area (Å²) in [6.45, 7) is 9.08. The molecule has 0 radical (unpaired) electrons. The molecule has 4 heterocycles. The Balaban J connectivity index is 1.27. The van der Waals surface area contributed by atoms with Gasteiger partial charge in [0, 0.05) is 40.6 Å². The molecule has 7 heteroatoms. The van der Waals surface area contributed by atoms with Gasteiger partial charge in [-0.1, -0.05) is 52.0 Å². The molecule has 196 valence electrons. The Bertz CT molecular complexity index is 2140. The molecule has 3 aromatic heterocycles. The summed E-state index contributed by atoms with van der Waals surface area (Å²) in [6, 6.07) is 17.4. The van der Waals surface area contributed by atoms with E-state index in [-0.39, 0.29) is 5.92 Å². The summed E-state index contributed by atoms with van der Waals surface area (Å²) in [5, 5.41) is 2.13. The van der Waals surface area contributed by atoms with Crippen molar-refractivity contribution in [3.05, 3.63) is 78.1 Å². The Morgan fingerprint density at radius 1 is 0.675 bits per heavy atom. The van der Waals surface area contributed by atoms with Crippen LogP contribution in [-0.2, 0) is 6.61 Å². The van der Waals surface area contributed by atoms with Crippen LogP contribution in [0.25, 0.3) is 66.1 Å². The highest BCUT2D eigenvalue weighted by Gasteiger charge is 2.23. The lowest BCUT2D eigenvalue weighted by molar-refractivity contribution is 0.305. The second-order valence-corrected chi connectivity index (χ2v) is 11.3. The molecule has 0 aliphatic carbocycles. The van der Waals surface area contributed by atoms with E-state index in [0.717, 1.165) is 83.5 Å². The Hall–Kier alpha value is -4.78. The van der Waals surface area contributed by atoms with Crippen LogP contribution in [0.1, 0.15) is 56.7 Å². The van der Waals surface area contributed by atoms with E-state index in [2.05, 4.69) is 91.2 Å². The zero-order chi connectivity index (χ0) is 27.1. The number of fused-ring (bicyclic) bond motifs is 11. The third kappa shape index (κ3) is 3.30. The van der Waals surface area contributed by atoms with Gasteiger partial charge in [0.2, 0.25) is 0 Å². The molecular formula is C33H28N6O. The molecular weight excluding hydrogens is 496 g/mol. The highest BCUT2D eigenvalue weighted by Crippen LogP contribution is 2.43. The molecule has 0 atom stereocenters. The van der Waals surface area contributed by atoms with Gasteiger partial charge in [0.05, 0.1) is 22.1 Å². The van der Waals surface area contributed by atoms with Crippen molar-refractivity contribution in [1.82, 2.24) is 29.9 Å². The number of benzene rings is 4. The molecule has 1 aliphatic heterocycles. The van der Waals surface area contributed by atoms with Crippen LogP contribution in [0.4, 0.5) is 0 Å². The molecule has 0 amide bonds. The average Bonchev–Trinajstić information content (AvgIpc) is 3.63. The minimum atomic E-state index is 0.290. The fourth-order valence-corrected chi connectivity index (χ4v) is 5.88. The summed E-state index contributed by atoms with van der Waals surface area (Å²) in [4.78, 5) is 26.2. The van der Waals surface area contributed by atoms with Crippen LogP contribution in [-0.4, -0.2) is 29.9 Å². The second kappa shape index (κ2) is 8.36. The largest absolute Gasteiger partial charge is 0.486 e. The van der Waals surface area contributed by atoms with Gasteiger partial charge in [-0.3, -0.25) is 9.97 Å². The topological polar surface area (TPSA) is 92.4 Å². The number of H-pyrrole nitrogens is 2. The first-order valence-corrected chi connectivity index (χ1v) is 13.8. The second-order valence-electron chi connectivity index (χ2n) is 11.3. The smallest absolute Gasteiger partial charge is 0.155 e. The molecule has 0 saturated heterocycles. The van der Waals surface area contributed by atoms with E-state index in [4.69, 9.17) is 19.7 Å². The van der Waals surface area contributed by atoms with E-state index in [1.807, 2.05) is 0 Å². The van der Waals surface area contributed by atoms with Gasteiger partial charge in [-0.05, 0) is 46.5 Å². The molecule has 0 unspecified atom stereocenters. The van der Waals surface area contributed by atoms with E-state index in [1.54, 1.807) is 12.4 Å². The number of aromatic amines is 2. The number of ether oxygens (including phenoxy) is 1. The molecule has 0 saturated carbocycles. The van der Waals surface area contributed by atoms with E-state index in [0.29, 0.717) is 12.5 Å². The van der Waals surface area contributed by atoms with E-state index in [9.17, 15) is 0 Å². The van der Waals surface area contributed by atoms with Crippen molar-refractivity contribution >= 4 is 43.9 Å². The van der Waals surface area contributed by atoms with E-state index in [1.165, 1.54) is 5.56 Å². The standard InChI is InChI=1S/C33H28N6O/c1-16(2)32-36-25-10-9-23-21-7-5-18(13-20(21)15-40-31(23)28(25)38-32)19-6-8-22-24(14-19)26-29(35-12-11-34-26)30-27(22)37-33(39-30)17(3)4/h5-14,16-17H,15H2,1-4H3,(H,36,38)(H,37,39). The molecule has 4 aromatic carbocycles. The van der Waals surface area contributed by atoms with Crippen molar-refractivity contribution in [3.8, 4) is 28.0 Å². The number of hydrogen-bond acceptors (Lipinski definition) is 5. The Morgan fingerprint density at radius 3 is 2.20 bits per heavy atom. The quantitative estimate of drug-likeness (QED) is 0.228. The normalized spacial score (nSPS) is 13.1. The summed E-state index contributed by atoms with van der Waals surface area (Å²) >= 11 is 0. The summed E-state index contributed by atoms with van der Waals surface area (Å²) in [6.07, 6.45) is 3.50. The number of nitrogens with one attached hydrogen (secondary N) is 2. The fourth-order valence-electron chi connectivity index (χ4n) is 5.88. The van der Waals surface area contributed by atoms with Gasteiger partial charge in [-0.15, -0.1) is 0 Å². The van der Waals surface area contributed by atoms with Crippen molar-refractivity contribution in [1.29, 1.82) is 0 Å². The number of hydrogen-bond donors (Lipinski definition) is 2. The molecule has 7 aromatic rings. The van der Waals surface area contributed by atoms with Gasteiger partial charge in [0.15, 0.2) is 5.75 Å². The lowest BCUT2D eigenvalue weighted by Gasteiger charge is -2.22. The van der Waals surface area contributed by atoms with Crippen LogP contribution in [0.3, 0.4) is 0 Å². The van der Waals surface area contributed by atoms with E-state index < -0.39 is 0 Å². The number of aromatic nitrogens is 6. The predicted octanol–water partition coefficient (Wildman–Crippen LogP) is 8.01. The number of imidazole rings is 2. The summed E-state index contributed by atoms with van der Waals surface area (Å²) in [5.41, 5.74) is 11.2. The van der Waals surface area contributed by atoms with Gasteiger partial charge in [0.1, 0.15) is 29.3 Å². The molecule has 0 spiro atoms. The van der Waals surface area contributed by atoms with Gasteiger partial charge in [0.25, 0.3) is 0 Å². The molecule has 1 aliphatic rings. The maximum absolute atomic E-state index is 6.33. The maximum atomic E-state index is 6.33. The predicted molar refractivity (Wildman–Crippen MR) is 160 cm³/mol. The first-order chi connectivity index (χ1) is 19.5.